The number of aromatic nitrogens is 1. The maximum absolute atomic E-state index is 11.2. The largest absolute Gasteiger partial charge is 0.744 e. The number of aromatic hydroxyl groups is 1. The van der Waals surface area contributed by atoms with Crippen molar-refractivity contribution >= 4 is 43.2 Å². The molecule has 7 nitrogen and oxygen atoms in total. The summed E-state index contributed by atoms with van der Waals surface area (Å²) < 4.78 is 33.6. The van der Waals surface area contributed by atoms with Crippen LogP contribution in [0.5, 0.6) is 5.75 Å². The van der Waals surface area contributed by atoms with Gasteiger partial charge in [-0.2, -0.15) is 0 Å². The molecule has 0 aliphatic rings. The number of pyridine rings is 1. The third-order valence-corrected chi connectivity index (χ3v) is 4.93. The molecule has 8 heteroatoms. The van der Waals surface area contributed by atoms with E-state index in [2.05, 4.69) is 15.2 Å². The molecule has 0 unspecified atom stereocenters. The van der Waals surface area contributed by atoms with Crippen molar-refractivity contribution in [1.29, 1.82) is 0 Å². The first-order chi connectivity index (χ1) is 12.9. The number of para-hydroxylation sites is 1. The van der Waals surface area contributed by atoms with E-state index in [9.17, 15) is 18.1 Å². The molecule has 1 heterocycles. The molecule has 0 fully saturated rings. The van der Waals surface area contributed by atoms with Gasteiger partial charge in [0.2, 0.25) is 0 Å². The second kappa shape index (κ2) is 6.42. The van der Waals surface area contributed by atoms with Crippen LogP contribution in [0, 0.1) is 0 Å². The normalized spacial score (nSPS) is 12.2. The summed E-state index contributed by atoms with van der Waals surface area (Å²) >= 11 is 0. The Hall–Kier alpha value is -3.36. The minimum absolute atomic E-state index is 0.114. The molecule has 1 N–H and O–H groups in total. The van der Waals surface area contributed by atoms with Crippen LogP contribution in [-0.4, -0.2) is 23.1 Å². The molecule has 3 aromatic carbocycles. The third-order valence-electron chi connectivity index (χ3n) is 4.10. The van der Waals surface area contributed by atoms with Gasteiger partial charge >= 0.3 is 0 Å². The van der Waals surface area contributed by atoms with Gasteiger partial charge in [-0.05, 0) is 35.7 Å². The molecule has 1 aromatic heterocycles. The Kier molecular flexibility index (Phi) is 4.06. The lowest BCUT2D eigenvalue weighted by Gasteiger charge is -2.09. The van der Waals surface area contributed by atoms with Crippen LogP contribution in [-0.2, 0) is 10.1 Å². The minimum Gasteiger partial charge on any atom is -0.744 e. The highest BCUT2D eigenvalue weighted by Crippen LogP contribution is 2.37. The number of phenols is 1. The SMILES string of the molecule is O=S(=O)([O-])c1ccc2c(N=Nc3cccc4cccnc34)c(O)ccc2c1. The summed E-state index contributed by atoms with van der Waals surface area (Å²) in [5, 5.41) is 20.4. The molecular weight excluding hydrogens is 366 g/mol. The molecule has 134 valence electrons. The van der Waals surface area contributed by atoms with E-state index in [1.165, 1.54) is 30.3 Å². The smallest absolute Gasteiger partial charge is 0.143 e. The van der Waals surface area contributed by atoms with Crippen molar-refractivity contribution in [3.05, 3.63) is 66.9 Å². The Morgan fingerprint density at radius 1 is 0.926 bits per heavy atom. The van der Waals surface area contributed by atoms with E-state index in [4.69, 9.17) is 0 Å². The first-order valence-corrected chi connectivity index (χ1v) is 9.31. The van der Waals surface area contributed by atoms with Gasteiger partial charge in [-0.1, -0.05) is 30.3 Å². The number of azo groups is 1. The van der Waals surface area contributed by atoms with E-state index < -0.39 is 10.1 Å². The van der Waals surface area contributed by atoms with Crippen molar-refractivity contribution in [2.45, 2.75) is 4.90 Å². The minimum atomic E-state index is -4.57. The third kappa shape index (κ3) is 3.23. The summed E-state index contributed by atoms with van der Waals surface area (Å²) in [5.41, 5.74) is 1.38. The second-order valence-electron chi connectivity index (χ2n) is 5.82. The van der Waals surface area contributed by atoms with Crippen LogP contribution < -0.4 is 0 Å². The van der Waals surface area contributed by atoms with Crippen LogP contribution in [0.25, 0.3) is 21.7 Å². The van der Waals surface area contributed by atoms with Crippen LogP contribution in [0.3, 0.4) is 0 Å². The van der Waals surface area contributed by atoms with Gasteiger partial charge in [-0.15, -0.1) is 10.2 Å². The molecule has 0 saturated carbocycles. The van der Waals surface area contributed by atoms with E-state index in [0.717, 1.165) is 5.39 Å². The molecule has 4 aromatic rings. The van der Waals surface area contributed by atoms with Crippen LogP contribution in [0.2, 0.25) is 0 Å². The molecule has 0 bridgehead atoms. The van der Waals surface area contributed by atoms with E-state index in [1.807, 2.05) is 24.3 Å². The quantitative estimate of drug-likeness (QED) is 0.419. The summed E-state index contributed by atoms with van der Waals surface area (Å²) in [4.78, 5) is 3.95. The van der Waals surface area contributed by atoms with Crippen molar-refractivity contribution in [2.75, 3.05) is 0 Å². The number of phenolic OH excluding ortho intramolecular Hbond substituents is 1. The zero-order valence-corrected chi connectivity index (χ0v) is 14.6. The number of hydrogen-bond donors (Lipinski definition) is 1. The summed E-state index contributed by atoms with van der Waals surface area (Å²) in [6.45, 7) is 0. The first-order valence-electron chi connectivity index (χ1n) is 7.90. The topological polar surface area (TPSA) is 115 Å². The van der Waals surface area contributed by atoms with Crippen LogP contribution in [0.1, 0.15) is 0 Å². The molecule has 0 radical (unpaired) electrons. The standard InChI is InChI=1S/C19H13N3O4S/c23-17-9-6-13-11-14(27(24,25)26)7-8-15(13)19(17)22-21-16-5-1-3-12-4-2-10-20-18(12)16/h1-11,23H,(H,24,25,26)/p-1. The summed E-state index contributed by atoms with van der Waals surface area (Å²) in [7, 11) is -4.57. The van der Waals surface area contributed by atoms with Gasteiger partial charge in [0.05, 0.1) is 10.4 Å². The Labute approximate surface area is 154 Å². The van der Waals surface area contributed by atoms with Gasteiger partial charge in [0.1, 0.15) is 27.2 Å². The zero-order chi connectivity index (χ0) is 19.0. The Balaban J connectivity index is 1.86. The Morgan fingerprint density at radius 3 is 2.56 bits per heavy atom. The lowest BCUT2D eigenvalue weighted by Crippen LogP contribution is -1.97. The van der Waals surface area contributed by atoms with Crippen molar-refractivity contribution in [2.24, 2.45) is 10.2 Å². The van der Waals surface area contributed by atoms with Crippen LogP contribution >= 0.6 is 0 Å². The zero-order valence-electron chi connectivity index (χ0n) is 13.8. The summed E-state index contributed by atoms with van der Waals surface area (Å²) in [6.07, 6.45) is 1.65. The molecular formula is C19H12N3O4S-. The number of benzene rings is 3. The van der Waals surface area contributed by atoms with E-state index in [0.29, 0.717) is 22.0 Å². The van der Waals surface area contributed by atoms with Crippen molar-refractivity contribution in [1.82, 2.24) is 4.98 Å². The molecule has 27 heavy (non-hydrogen) atoms. The van der Waals surface area contributed by atoms with Crippen molar-refractivity contribution in [3.8, 4) is 5.75 Å². The predicted octanol–water partition coefficient (Wildman–Crippen LogP) is 4.41. The summed E-state index contributed by atoms with van der Waals surface area (Å²) in [6, 6.07) is 15.9. The van der Waals surface area contributed by atoms with Crippen molar-refractivity contribution in [3.63, 3.8) is 0 Å². The van der Waals surface area contributed by atoms with Crippen molar-refractivity contribution < 1.29 is 18.1 Å². The molecule has 0 atom stereocenters. The maximum atomic E-state index is 11.2. The molecule has 0 aliphatic carbocycles. The lowest BCUT2D eigenvalue weighted by molar-refractivity contribution is 0.463. The number of hydrogen-bond acceptors (Lipinski definition) is 7. The molecule has 0 saturated heterocycles. The highest BCUT2D eigenvalue weighted by Gasteiger charge is 2.10. The van der Waals surface area contributed by atoms with E-state index >= 15 is 0 Å². The first kappa shape index (κ1) is 17.1. The van der Waals surface area contributed by atoms with Crippen LogP contribution in [0.4, 0.5) is 11.4 Å². The van der Waals surface area contributed by atoms with E-state index in [1.54, 1.807) is 12.3 Å². The number of nitrogens with zero attached hydrogens (tertiary/aromatic N) is 3. The fraction of sp³-hybridized carbons (Fsp3) is 0. The van der Waals surface area contributed by atoms with Gasteiger partial charge in [0, 0.05) is 17.0 Å². The maximum Gasteiger partial charge on any atom is 0.143 e. The Morgan fingerprint density at radius 2 is 1.74 bits per heavy atom. The predicted molar refractivity (Wildman–Crippen MR) is 99.5 cm³/mol. The highest BCUT2D eigenvalue weighted by molar-refractivity contribution is 7.85. The molecule has 0 aliphatic heterocycles. The number of rotatable bonds is 3. The lowest BCUT2D eigenvalue weighted by atomic mass is 10.1. The monoisotopic (exact) mass is 378 g/mol. The highest BCUT2D eigenvalue weighted by atomic mass is 32.2. The molecule has 0 spiro atoms. The average molecular weight is 378 g/mol. The molecule has 4 rings (SSSR count). The van der Waals surface area contributed by atoms with Gasteiger partial charge < -0.3 is 9.66 Å². The number of fused-ring (bicyclic) bond motifs is 2. The van der Waals surface area contributed by atoms with Gasteiger partial charge in [-0.25, -0.2) is 8.42 Å². The summed E-state index contributed by atoms with van der Waals surface area (Å²) in [5.74, 6) is -0.114. The Bertz CT molecular complexity index is 1310. The van der Waals surface area contributed by atoms with Gasteiger partial charge in [-0.3, -0.25) is 4.98 Å². The fourth-order valence-electron chi connectivity index (χ4n) is 2.81. The van der Waals surface area contributed by atoms with Gasteiger partial charge in [0.25, 0.3) is 0 Å². The average Bonchev–Trinajstić information content (AvgIpc) is 2.66. The van der Waals surface area contributed by atoms with Crippen LogP contribution in [0.15, 0.2) is 82.0 Å². The molecule has 0 amide bonds. The van der Waals surface area contributed by atoms with Gasteiger partial charge in [0.15, 0.2) is 0 Å². The fourth-order valence-corrected chi connectivity index (χ4v) is 3.32. The van der Waals surface area contributed by atoms with E-state index in [-0.39, 0.29) is 16.3 Å². The second-order valence-corrected chi connectivity index (χ2v) is 7.20.